The third-order valence-electron chi connectivity index (χ3n) is 7.64. The Kier molecular flexibility index (Phi) is 28.4. The Morgan fingerprint density at radius 1 is 0.521 bits per heavy atom. The minimum Gasteiger partial charge on any atom is -0.410 e. The molecule has 48 heavy (non-hydrogen) atoms. The van der Waals surface area contributed by atoms with Crippen molar-refractivity contribution < 1.29 is 19.1 Å². The predicted octanol–water partition coefficient (Wildman–Crippen LogP) is 10.1. The molecular weight excluding hydrogens is 736 g/mol. The van der Waals surface area contributed by atoms with E-state index in [4.69, 9.17) is 9.47 Å². The van der Waals surface area contributed by atoms with Crippen molar-refractivity contribution in [2.24, 2.45) is 0 Å². The van der Waals surface area contributed by atoms with Gasteiger partial charge in [-0.1, -0.05) is 121 Å². The van der Waals surface area contributed by atoms with Crippen LogP contribution in [-0.4, -0.2) is 97.8 Å². The molecule has 8 nitrogen and oxygen atoms in total. The highest BCUT2D eigenvalue weighted by atomic mass is 79.9. The van der Waals surface area contributed by atoms with Crippen LogP contribution in [0.5, 0.6) is 11.5 Å². The lowest BCUT2D eigenvalue weighted by atomic mass is 10.1. The Morgan fingerprint density at radius 3 is 1.15 bits per heavy atom. The smallest absolute Gasteiger partial charge is 0.410 e. The van der Waals surface area contributed by atoms with Crippen molar-refractivity contribution in [1.82, 2.24) is 19.6 Å². The predicted molar refractivity (Wildman–Crippen MR) is 210 cm³/mol. The Morgan fingerprint density at radius 2 is 0.833 bits per heavy atom. The molecule has 0 aromatic heterocycles. The molecule has 0 saturated heterocycles. The number of hydrogen-bond donors (Lipinski definition) is 0. The monoisotopic (exact) mass is 798 g/mol. The van der Waals surface area contributed by atoms with Gasteiger partial charge in [0.1, 0.15) is 11.5 Å². The number of unbranched alkanes of at least 4 members (excludes halogenated alkanes) is 7. The van der Waals surface area contributed by atoms with Gasteiger partial charge in [-0.3, -0.25) is 9.80 Å². The lowest BCUT2D eigenvalue weighted by Gasteiger charge is -2.23. The molecule has 0 spiro atoms. The van der Waals surface area contributed by atoms with Gasteiger partial charge >= 0.3 is 12.2 Å². The average molecular weight is 801 g/mol. The van der Waals surface area contributed by atoms with Gasteiger partial charge < -0.3 is 19.3 Å². The first-order valence-electron chi connectivity index (χ1n) is 17.4. The van der Waals surface area contributed by atoms with E-state index in [1.54, 1.807) is 28.2 Å². The van der Waals surface area contributed by atoms with E-state index in [2.05, 4.69) is 67.6 Å². The van der Waals surface area contributed by atoms with Crippen LogP contribution < -0.4 is 9.47 Å². The Balaban J connectivity index is 0.00000531. The second-order valence-corrected chi connectivity index (χ2v) is 12.1. The molecule has 274 valence electrons. The molecule has 2 amide bonds. The lowest BCUT2D eigenvalue weighted by Crippen LogP contribution is -2.28. The first-order chi connectivity index (χ1) is 23.2. The number of carbonyl (C=O) groups excluding carboxylic acids is 2. The van der Waals surface area contributed by atoms with Crippen LogP contribution in [0.4, 0.5) is 9.59 Å². The zero-order valence-electron chi connectivity index (χ0n) is 31.1. The number of ether oxygens (including phenoxy) is 2. The standard InChI is InChI=1S/C36H58N4O4.2CH3Br/c1-7-25-39(29-31-21-15-17-23-33(31)43-35(41)37(3)4)27-19-13-11-9-10-12-14-20-28-40(26-8-2)30-32-22-16-18-24-34(32)44-36(42)38(5)6;2*1-2/h15-18,21-24H,7-14,19-20,25-30H2,1-6H3;2*1H3. The molecule has 2 rings (SSSR count). The molecule has 0 fully saturated rings. The molecule has 0 heterocycles. The summed E-state index contributed by atoms with van der Waals surface area (Å²) in [6.07, 6.45) is 11.5. The van der Waals surface area contributed by atoms with Gasteiger partial charge in [-0.2, -0.15) is 0 Å². The molecule has 0 aliphatic heterocycles. The van der Waals surface area contributed by atoms with Gasteiger partial charge in [0.2, 0.25) is 0 Å². The second-order valence-electron chi connectivity index (χ2n) is 12.1. The van der Waals surface area contributed by atoms with Crippen LogP contribution >= 0.6 is 31.9 Å². The number of benzene rings is 2. The fraction of sp³-hybridized carbons (Fsp3) is 0.632. The highest BCUT2D eigenvalue weighted by Gasteiger charge is 2.15. The van der Waals surface area contributed by atoms with E-state index in [0.717, 1.165) is 63.2 Å². The molecule has 0 N–H and O–H groups in total. The molecule has 2 aromatic rings. The summed E-state index contributed by atoms with van der Waals surface area (Å²) in [6.45, 7) is 10.2. The quantitative estimate of drug-likeness (QED) is 0.0926. The average Bonchev–Trinajstić information content (AvgIpc) is 3.09. The molecule has 0 aliphatic carbocycles. The number of rotatable bonds is 21. The van der Waals surface area contributed by atoms with Crippen LogP contribution in [0.25, 0.3) is 0 Å². The van der Waals surface area contributed by atoms with Gasteiger partial charge in [0, 0.05) is 52.4 Å². The highest BCUT2D eigenvalue weighted by Crippen LogP contribution is 2.23. The number of alkyl halides is 2. The van der Waals surface area contributed by atoms with Crippen LogP contribution in [0.15, 0.2) is 48.5 Å². The first kappa shape index (κ1) is 45.9. The third-order valence-corrected chi connectivity index (χ3v) is 7.64. The van der Waals surface area contributed by atoms with Crippen LogP contribution in [-0.2, 0) is 13.1 Å². The minimum absolute atomic E-state index is 0.344. The molecule has 0 unspecified atom stereocenters. The molecular formula is C38H64Br2N4O4. The van der Waals surface area contributed by atoms with Gasteiger partial charge in [-0.15, -0.1) is 0 Å². The Hall–Kier alpha value is -2.14. The van der Waals surface area contributed by atoms with Gasteiger partial charge in [-0.05, 0) is 75.7 Å². The number of carbonyl (C=O) groups is 2. The SMILES string of the molecule is CBr.CBr.CCCN(CCCCCCCCCCN(CCC)Cc1ccccc1OC(=O)N(C)C)Cc1ccccc1OC(=O)N(C)C. The van der Waals surface area contributed by atoms with Gasteiger partial charge in [0.25, 0.3) is 0 Å². The second kappa shape index (κ2) is 29.7. The zero-order chi connectivity index (χ0) is 36.2. The molecule has 0 bridgehead atoms. The number of amides is 2. The van der Waals surface area contributed by atoms with E-state index in [1.807, 2.05) is 48.1 Å². The normalized spacial score (nSPS) is 10.5. The van der Waals surface area contributed by atoms with Crippen molar-refractivity contribution in [2.75, 3.05) is 66.0 Å². The van der Waals surface area contributed by atoms with Gasteiger partial charge in [-0.25, -0.2) is 9.59 Å². The van der Waals surface area contributed by atoms with Crippen molar-refractivity contribution in [3.05, 3.63) is 59.7 Å². The number of para-hydroxylation sites is 2. The number of hydrogen-bond acceptors (Lipinski definition) is 6. The maximum atomic E-state index is 12.1. The third kappa shape index (κ3) is 20.4. The summed E-state index contributed by atoms with van der Waals surface area (Å²) in [7, 11) is 6.81. The van der Waals surface area contributed by atoms with Gasteiger partial charge in [0.15, 0.2) is 0 Å². The molecule has 2 aromatic carbocycles. The Labute approximate surface area is 309 Å². The van der Waals surface area contributed by atoms with Crippen molar-refractivity contribution in [3.8, 4) is 11.5 Å². The topological polar surface area (TPSA) is 65.6 Å². The van der Waals surface area contributed by atoms with Crippen molar-refractivity contribution >= 4 is 44.0 Å². The van der Waals surface area contributed by atoms with Crippen molar-refractivity contribution in [2.45, 2.75) is 91.1 Å². The maximum Gasteiger partial charge on any atom is 0.414 e. The maximum absolute atomic E-state index is 12.1. The largest absolute Gasteiger partial charge is 0.414 e. The lowest BCUT2D eigenvalue weighted by molar-refractivity contribution is 0.169. The van der Waals surface area contributed by atoms with E-state index in [1.165, 1.54) is 61.2 Å². The highest BCUT2D eigenvalue weighted by molar-refractivity contribution is 9.09. The molecule has 0 aliphatic rings. The summed E-state index contributed by atoms with van der Waals surface area (Å²) >= 11 is 5.88. The number of halogens is 2. The summed E-state index contributed by atoms with van der Waals surface area (Å²) in [6, 6.07) is 15.7. The van der Waals surface area contributed by atoms with E-state index in [0.29, 0.717) is 11.5 Å². The molecule has 0 atom stereocenters. The van der Waals surface area contributed by atoms with Crippen LogP contribution in [0.3, 0.4) is 0 Å². The molecule has 0 radical (unpaired) electrons. The summed E-state index contributed by atoms with van der Waals surface area (Å²) in [5.41, 5.74) is 2.12. The summed E-state index contributed by atoms with van der Waals surface area (Å²) < 4.78 is 11.2. The minimum atomic E-state index is -0.344. The van der Waals surface area contributed by atoms with Crippen LogP contribution in [0, 0.1) is 0 Å². The summed E-state index contributed by atoms with van der Waals surface area (Å²) in [5.74, 6) is 4.93. The fourth-order valence-electron chi connectivity index (χ4n) is 5.22. The van der Waals surface area contributed by atoms with Crippen LogP contribution in [0.2, 0.25) is 0 Å². The Bertz CT molecular complexity index is 1020. The molecule has 0 saturated carbocycles. The van der Waals surface area contributed by atoms with E-state index in [-0.39, 0.29) is 12.2 Å². The summed E-state index contributed by atoms with van der Waals surface area (Å²) in [5, 5.41) is 0. The van der Waals surface area contributed by atoms with Gasteiger partial charge in [0.05, 0.1) is 0 Å². The molecule has 10 heteroatoms. The van der Waals surface area contributed by atoms with E-state index < -0.39 is 0 Å². The zero-order valence-corrected chi connectivity index (χ0v) is 34.3. The van der Waals surface area contributed by atoms with E-state index >= 15 is 0 Å². The van der Waals surface area contributed by atoms with Crippen molar-refractivity contribution in [1.29, 1.82) is 0 Å². The van der Waals surface area contributed by atoms with E-state index in [9.17, 15) is 9.59 Å². The number of nitrogens with zero attached hydrogens (tertiary/aromatic N) is 4. The first-order valence-corrected chi connectivity index (χ1v) is 20.6. The van der Waals surface area contributed by atoms with Crippen molar-refractivity contribution in [3.63, 3.8) is 0 Å². The summed E-state index contributed by atoms with van der Waals surface area (Å²) in [4.78, 5) is 32.0. The van der Waals surface area contributed by atoms with Crippen LogP contribution in [0.1, 0.15) is 89.2 Å². The fourth-order valence-corrected chi connectivity index (χ4v) is 5.22.